The van der Waals surface area contributed by atoms with Crippen LogP contribution in [0, 0.1) is 0 Å². The van der Waals surface area contributed by atoms with Crippen LogP contribution in [0.3, 0.4) is 0 Å². The predicted octanol–water partition coefficient (Wildman–Crippen LogP) is 6.08. The standard InChI is InChI=1S/C12H6BrCl3/c13-8-3-1-7(2-4-8)9-5-11(15)12(16)6-10(9)14/h1-6H. The molecule has 0 amide bonds. The van der Waals surface area contributed by atoms with Gasteiger partial charge in [-0.3, -0.25) is 0 Å². The van der Waals surface area contributed by atoms with E-state index in [4.69, 9.17) is 34.8 Å². The molecule has 4 heteroatoms. The smallest absolute Gasteiger partial charge is 0.0607 e. The minimum absolute atomic E-state index is 0.465. The van der Waals surface area contributed by atoms with Gasteiger partial charge in [-0.2, -0.15) is 0 Å². The zero-order valence-electron chi connectivity index (χ0n) is 7.98. The molecule has 0 saturated heterocycles. The molecular weight excluding hydrogens is 330 g/mol. The summed E-state index contributed by atoms with van der Waals surface area (Å²) in [5.41, 5.74) is 1.88. The molecule has 0 bridgehead atoms. The second-order valence-electron chi connectivity index (χ2n) is 3.25. The molecule has 0 aliphatic heterocycles. The summed E-state index contributed by atoms with van der Waals surface area (Å²) in [6.45, 7) is 0. The average Bonchev–Trinajstić information content (AvgIpc) is 2.25. The Morgan fingerprint density at radius 2 is 1.31 bits per heavy atom. The largest absolute Gasteiger partial charge is 0.0836 e. The third-order valence-corrected chi connectivity index (χ3v) is 3.73. The van der Waals surface area contributed by atoms with Gasteiger partial charge in [0.05, 0.1) is 10.0 Å². The molecule has 0 aliphatic carbocycles. The van der Waals surface area contributed by atoms with Gasteiger partial charge in [0.2, 0.25) is 0 Å². The Hall–Kier alpha value is -0.210. The molecule has 0 fully saturated rings. The fourth-order valence-electron chi connectivity index (χ4n) is 1.37. The van der Waals surface area contributed by atoms with Gasteiger partial charge >= 0.3 is 0 Å². The van der Waals surface area contributed by atoms with Crippen molar-refractivity contribution >= 4 is 50.7 Å². The molecule has 0 unspecified atom stereocenters. The van der Waals surface area contributed by atoms with E-state index in [0.29, 0.717) is 15.1 Å². The zero-order valence-corrected chi connectivity index (χ0v) is 11.8. The maximum atomic E-state index is 6.12. The highest BCUT2D eigenvalue weighted by Crippen LogP contribution is 2.35. The quantitative estimate of drug-likeness (QED) is 0.554. The van der Waals surface area contributed by atoms with E-state index in [1.165, 1.54) is 0 Å². The Morgan fingerprint density at radius 1 is 0.750 bits per heavy atom. The molecule has 0 atom stereocenters. The van der Waals surface area contributed by atoms with Crippen molar-refractivity contribution in [2.75, 3.05) is 0 Å². The van der Waals surface area contributed by atoms with Crippen molar-refractivity contribution in [2.24, 2.45) is 0 Å². The normalized spacial score (nSPS) is 10.5. The summed E-state index contributed by atoms with van der Waals surface area (Å²) in [5, 5.41) is 1.56. The van der Waals surface area contributed by atoms with Crippen LogP contribution in [0.4, 0.5) is 0 Å². The van der Waals surface area contributed by atoms with E-state index in [0.717, 1.165) is 15.6 Å². The van der Waals surface area contributed by atoms with Crippen molar-refractivity contribution in [3.8, 4) is 11.1 Å². The van der Waals surface area contributed by atoms with Gasteiger partial charge in [0.15, 0.2) is 0 Å². The van der Waals surface area contributed by atoms with Gasteiger partial charge in [-0.15, -0.1) is 0 Å². The predicted molar refractivity (Wildman–Crippen MR) is 74.6 cm³/mol. The lowest BCUT2D eigenvalue weighted by Gasteiger charge is -2.06. The van der Waals surface area contributed by atoms with E-state index in [9.17, 15) is 0 Å². The highest BCUT2D eigenvalue weighted by molar-refractivity contribution is 9.10. The summed E-state index contributed by atoms with van der Waals surface area (Å²) < 4.78 is 1.02. The first-order chi connectivity index (χ1) is 7.58. The van der Waals surface area contributed by atoms with Gasteiger partial charge in [0, 0.05) is 15.1 Å². The molecule has 2 aromatic rings. The Morgan fingerprint density at radius 3 is 1.94 bits per heavy atom. The first kappa shape index (κ1) is 12.3. The van der Waals surface area contributed by atoms with Crippen molar-refractivity contribution < 1.29 is 0 Å². The zero-order chi connectivity index (χ0) is 11.7. The first-order valence-electron chi connectivity index (χ1n) is 4.48. The molecule has 2 rings (SSSR count). The summed E-state index contributed by atoms with van der Waals surface area (Å²) in [5.74, 6) is 0. The number of halogens is 4. The maximum Gasteiger partial charge on any atom is 0.0607 e. The molecule has 2 aromatic carbocycles. The van der Waals surface area contributed by atoms with Gasteiger partial charge in [0.1, 0.15) is 0 Å². The van der Waals surface area contributed by atoms with E-state index < -0.39 is 0 Å². The molecule has 16 heavy (non-hydrogen) atoms. The molecular formula is C12H6BrCl3. The van der Waals surface area contributed by atoms with Gasteiger partial charge in [-0.25, -0.2) is 0 Å². The molecule has 0 aromatic heterocycles. The minimum atomic E-state index is 0.465. The molecule has 0 radical (unpaired) electrons. The fraction of sp³-hybridized carbons (Fsp3) is 0. The highest BCUT2D eigenvalue weighted by atomic mass is 79.9. The van der Waals surface area contributed by atoms with Crippen LogP contribution in [-0.2, 0) is 0 Å². The molecule has 0 heterocycles. The second-order valence-corrected chi connectivity index (χ2v) is 5.39. The van der Waals surface area contributed by atoms with Crippen molar-refractivity contribution in [3.05, 3.63) is 55.9 Å². The summed E-state index contributed by atoms with van der Waals surface area (Å²) in [7, 11) is 0. The van der Waals surface area contributed by atoms with E-state index in [2.05, 4.69) is 15.9 Å². The van der Waals surface area contributed by atoms with Crippen LogP contribution in [0.15, 0.2) is 40.9 Å². The Kier molecular flexibility index (Phi) is 3.81. The molecule has 0 spiro atoms. The summed E-state index contributed by atoms with van der Waals surface area (Å²) in [6, 6.07) is 11.3. The minimum Gasteiger partial charge on any atom is -0.0836 e. The Bertz CT molecular complexity index is 521. The Labute approximate surface area is 117 Å². The van der Waals surface area contributed by atoms with Crippen LogP contribution < -0.4 is 0 Å². The molecule has 0 nitrogen and oxygen atoms in total. The van der Waals surface area contributed by atoms with Crippen LogP contribution in [0.25, 0.3) is 11.1 Å². The number of hydrogen-bond donors (Lipinski definition) is 0. The first-order valence-corrected chi connectivity index (χ1v) is 6.41. The molecule has 0 aliphatic rings. The monoisotopic (exact) mass is 334 g/mol. The van der Waals surface area contributed by atoms with Crippen LogP contribution in [0.5, 0.6) is 0 Å². The van der Waals surface area contributed by atoms with E-state index in [1.807, 2.05) is 24.3 Å². The maximum absolute atomic E-state index is 6.12. The van der Waals surface area contributed by atoms with Crippen LogP contribution in [0.1, 0.15) is 0 Å². The van der Waals surface area contributed by atoms with Gasteiger partial charge < -0.3 is 0 Å². The van der Waals surface area contributed by atoms with Crippen LogP contribution in [0.2, 0.25) is 15.1 Å². The molecule has 82 valence electrons. The molecule has 0 saturated carbocycles. The summed E-state index contributed by atoms with van der Waals surface area (Å²) in [4.78, 5) is 0. The van der Waals surface area contributed by atoms with Crippen LogP contribution in [-0.4, -0.2) is 0 Å². The Balaban J connectivity index is 2.56. The van der Waals surface area contributed by atoms with Crippen molar-refractivity contribution in [2.45, 2.75) is 0 Å². The van der Waals surface area contributed by atoms with E-state index in [-0.39, 0.29) is 0 Å². The van der Waals surface area contributed by atoms with Gasteiger partial charge in [-0.1, -0.05) is 62.9 Å². The number of hydrogen-bond acceptors (Lipinski definition) is 0. The second kappa shape index (κ2) is 4.97. The lowest BCUT2D eigenvalue weighted by Crippen LogP contribution is -1.81. The van der Waals surface area contributed by atoms with E-state index in [1.54, 1.807) is 12.1 Å². The van der Waals surface area contributed by atoms with Crippen molar-refractivity contribution in [3.63, 3.8) is 0 Å². The summed E-state index contributed by atoms with van der Waals surface area (Å²) in [6.07, 6.45) is 0. The number of benzene rings is 2. The van der Waals surface area contributed by atoms with Crippen molar-refractivity contribution in [1.29, 1.82) is 0 Å². The lowest BCUT2D eigenvalue weighted by atomic mass is 10.1. The highest BCUT2D eigenvalue weighted by Gasteiger charge is 2.07. The van der Waals surface area contributed by atoms with Crippen LogP contribution >= 0.6 is 50.7 Å². The fourth-order valence-corrected chi connectivity index (χ4v) is 2.29. The molecule has 0 N–H and O–H groups in total. The number of rotatable bonds is 1. The topological polar surface area (TPSA) is 0 Å². The van der Waals surface area contributed by atoms with Gasteiger partial charge in [-0.05, 0) is 29.8 Å². The third kappa shape index (κ3) is 2.54. The van der Waals surface area contributed by atoms with Gasteiger partial charge in [0.25, 0.3) is 0 Å². The third-order valence-electron chi connectivity index (χ3n) is 2.17. The lowest BCUT2D eigenvalue weighted by molar-refractivity contribution is 1.59. The van der Waals surface area contributed by atoms with Crippen molar-refractivity contribution in [1.82, 2.24) is 0 Å². The van der Waals surface area contributed by atoms with E-state index >= 15 is 0 Å². The SMILES string of the molecule is Clc1cc(Cl)c(-c2ccc(Br)cc2)cc1Cl. The summed E-state index contributed by atoms with van der Waals surface area (Å²) >= 11 is 21.3. The average molecular weight is 336 g/mol.